The zero-order valence-electron chi connectivity index (χ0n) is 18.9. The average molecular weight is 467 g/mol. The third-order valence-electron chi connectivity index (χ3n) is 6.80. The molecule has 3 aromatic heterocycles. The molecule has 0 fully saturated rings. The minimum Gasteiger partial charge on any atom is -0.346 e. The van der Waals surface area contributed by atoms with Crippen molar-refractivity contribution in [2.75, 3.05) is 0 Å². The molecule has 0 radical (unpaired) electrons. The van der Waals surface area contributed by atoms with Gasteiger partial charge in [0.25, 0.3) is 5.91 Å². The molecular weight excluding hydrogens is 448 g/mol. The molecule has 1 aliphatic rings. The molecule has 3 N–H and O–H groups in total. The summed E-state index contributed by atoms with van der Waals surface area (Å²) in [4.78, 5) is 29.0. The molecule has 0 saturated heterocycles. The SMILES string of the molecule is N#Cc1ccc2nc(-c3cccc4c3-c3ccccc3[C@H]4NC(=O)c3ccnc4[nH]ccc34)[nH]c2c1. The summed E-state index contributed by atoms with van der Waals surface area (Å²) >= 11 is 0. The van der Waals surface area contributed by atoms with E-state index in [2.05, 4.69) is 44.5 Å². The summed E-state index contributed by atoms with van der Waals surface area (Å²) in [6.07, 6.45) is 3.43. The van der Waals surface area contributed by atoms with Crippen LogP contribution < -0.4 is 5.32 Å². The second kappa shape index (κ2) is 7.65. The third kappa shape index (κ3) is 2.95. The van der Waals surface area contributed by atoms with E-state index in [0.717, 1.165) is 50.1 Å². The van der Waals surface area contributed by atoms with Crippen LogP contribution in [0.5, 0.6) is 0 Å². The van der Waals surface area contributed by atoms with Gasteiger partial charge >= 0.3 is 0 Å². The van der Waals surface area contributed by atoms with Crippen molar-refractivity contribution in [2.45, 2.75) is 6.04 Å². The van der Waals surface area contributed by atoms with Gasteiger partial charge in [-0.1, -0.05) is 42.5 Å². The van der Waals surface area contributed by atoms with E-state index in [1.54, 1.807) is 24.5 Å². The molecule has 1 amide bonds. The zero-order valence-corrected chi connectivity index (χ0v) is 18.9. The number of nitrogens with one attached hydrogen (secondary N) is 3. The maximum Gasteiger partial charge on any atom is 0.252 e. The van der Waals surface area contributed by atoms with Gasteiger partial charge in [0.2, 0.25) is 0 Å². The maximum absolute atomic E-state index is 13.5. The van der Waals surface area contributed by atoms with Crippen molar-refractivity contribution in [3.05, 3.63) is 107 Å². The summed E-state index contributed by atoms with van der Waals surface area (Å²) in [6, 6.07) is 25.1. The van der Waals surface area contributed by atoms with Gasteiger partial charge in [0.1, 0.15) is 11.5 Å². The van der Waals surface area contributed by atoms with Gasteiger partial charge in [-0.15, -0.1) is 0 Å². The predicted molar refractivity (Wildman–Crippen MR) is 137 cm³/mol. The van der Waals surface area contributed by atoms with E-state index in [4.69, 9.17) is 4.98 Å². The highest BCUT2D eigenvalue weighted by Crippen LogP contribution is 2.47. The number of hydrogen-bond acceptors (Lipinski definition) is 4. The second-order valence-corrected chi connectivity index (χ2v) is 8.79. The number of amides is 1. The van der Waals surface area contributed by atoms with Gasteiger partial charge in [0.05, 0.1) is 34.3 Å². The molecule has 7 rings (SSSR count). The van der Waals surface area contributed by atoms with Crippen molar-refractivity contribution in [2.24, 2.45) is 0 Å². The lowest BCUT2D eigenvalue weighted by Gasteiger charge is -2.16. The molecule has 7 heteroatoms. The molecule has 0 saturated carbocycles. The minimum atomic E-state index is -0.305. The van der Waals surface area contributed by atoms with Crippen molar-refractivity contribution in [1.29, 1.82) is 5.26 Å². The highest BCUT2D eigenvalue weighted by Gasteiger charge is 2.32. The first-order chi connectivity index (χ1) is 17.7. The van der Waals surface area contributed by atoms with Crippen LogP contribution in [0, 0.1) is 11.3 Å². The van der Waals surface area contributed by atoms with Crippen LogP contribution in [0.25, 0.3) is 44.6 Å². The Hall–Kier alpha value is -5.22. The summed E-state index contributed by atoms with van der Waals surface area (Å²) in [6.45, 7) is 0. The summed E-state index contributed by atoms with van der Waals surface area (Å²) < 4.78 is 0. The first-order valence-corrected chi connectivity index (χ1v) is 11.6. The summed E-state index contributed by atoms with van der Waals surface area (Å²) in [5, 5.41) is 13.3. The van der Waals surface area contributed by atoms with Crippen LogP contribution in [-0.4, -0.2) is 25.8 Å². The van der Waals surface area contributed by atoms with Gasteiger partial charge in [-0.3, -0.25) is 4.79 Å². The molecule has 1 aliphatic carbocycles. The van der Waals surface area contributed by atoms with Crippen molar-refractivity contribution in [1.82, 2.24) is 25.3 Å². The lowest BCUT2D eigenvalue weighted by atomic mass is 9.98. The van der Waals surface area contributed by atoms with Crippen molar-refractivity contribution < 1.29 is 4.79 Å². The van der Waals surface area contributed by atoms with Crippen LogP contribution in [0.2, 0.25) is 0 Å². The molecule has 7 nitrogen and oxygen atoms in total. The fourth-order valence-electron chi connectivity index (χ4n) is 5.18. The van der Waals surface area contributed by atoms with E-state index in [1.807, 2.05) is 42.5 Å². The van der Waals surface area contributed by atoms with Gasteiger partial charge in [-0.25, -0.2) is 9.97 Å². The van der Waals surface area contributed by atoms with Crippen LogP contribution in [0.15, 0.2) is 85.2 Å². The number of aromatic amines is 2. The fourth-order valence-corrected chi connectivity index (χ4v) is 5.18. The number of imidazole rings is 1. The smallest absolute Gasteiger partial charge is 0.252 e. The minimum absolute atomic E-state index is 0.159. The Morgan fingerprint density at radius 1 is 0.972 bits per heavy atom. The fraction of sp³-hybridized carbons (Fsp3) is 0.0345. The Morgan fingerprint density at radius 3 is 2.75 bits per heavy atom. The first-order valence-electron chi connectivity index (χ1n) is 11.6. The number of pyridine rings is 1. The van der Waals surface area contributed by atoms with Gasteiger partial charge in [0, 0.05) is 23.3 Å². The molecule has 1 atom stereocenters. The molecule has 36 heavy (non-hydrogen) atoms. The predicted octanol–water partition coefficient (Wildman–Crippen LogP) is 5.48. The largest absolute Gasteiger partial charge is 0.346 e. The van der Waals surface area contributed by atoms with Crippen LogP contribution in [0.4, 0.5) is 0 Å². The van der Waals surface area contributed by atoms with E-state index in [-0.39, 0.29) is 11.9 Å². The molecule has 0 bridgehead atoms. The second-order valence-electron chi connectivity index (χ2n) is 8.79. The first kappa shape index (κ1) is 20.2. The Labute approximate surface area is 205 Å². The lowest BCUT2D eigenvalue weighted by molar-refractivity contribution is 0.0945. The molecule has 0 aliphatic heterocycles. The summed E-state index contributed by atoms with van der Waals surface area (Å²) in [7, 11) is 0. The molecule has 0 unspecified atom stereocenters. The van der Waals surface area contributed by atoms with E-state index in [1.165, 1.54) is 0 Å². The van der Waals surface area contributed by atoms with Crippen molar-refractivity contribution in [3.8, 4) is 28.6 Å². The van der Waals surface area contributed by atoms with Gasteiger partial charge in [0.15, 0.2) is 0 Å². The number of nitriles is 1. The standard InChI is InChI=1S/C29H18N6O/c30-15-16-8-9-23-24(14-16)34-28(33-23)22-7-3-6-21-25(22)17-4-1-2-5-18(17)26(21)35-29(36)20-11-13-32-27-19(20)10-12-31-27/h1-14,26H,(H,31,32)(H,33,34)(H,35,36)/t26-/m1/s1. The van der Waals surface area contributed by atoms with Crippen LogP contribution in [-0.2, 0) is 0 Å². The number of rotatable bonds is 3. The van der Waals surface area contributed by atoms with Gasteiger partial charge in [-0.2, -0.15) is 5.26 Å². The summed E-state index contributed by atoms with van der Waals surface area (Å²) in [5.41, 5.74) is 8.55. The Bertz CT molecular complexity index is 1870. The number of aromatic nitrogens is 4. The monoisotopic (exact) mass is 466 g/mol. The third-order valence-corrected chi connectivity index (χ3v) is 6.80. The van der Waals surface area contributed by atoms with Crippen molar-refractivity contribution in [3.63, 3.8) is 0 Å². The number of H-pyrrole nitrogens is 2. The zero-order chi connectivity index (χ0) is 24.2. The highest BCUT2D eigenvalue weighted by atomic mass is 16.1. The lowest BCUT2D eigenvalue weighted by Crippen LogP contribution is -2.28. The normalized spacial score (nSPS) is 13.9. The van der Waals surface area contributed by atoms with E-state index in [0.29, 0.717) is 16.8 Å². The number of benzene rings is 3. The average Bonchev–Trinajstić information content (AvgIpc) is 3.64. The Balaban J connectivity index is 1.35. The number of hydrogen-bond donors (Lipinski definition) is 3. The number of nitrogens with zero attached hydrogens (tertiary/aromatic N) is 3. The topological polar surface area (TPSA) is 110 Å². The van der Waals surface area contributed by atoms with Gasteiger partial charge < -0.3 is 15.3 Å². The summed E-state index contributed by atoms with van der Waals surface area (Å²) in [5.74, 6) is 0.565. The van der Waals surface area contributed by atoms with E-state index in [9.17, 15) is 10.1 Å². The van der Waals surface area contributed by atoms with Crippen molar-refractivity contribution >= 4 is 28.0 Å². The maximum atomic E-state index is 13.5. The Morgan fingerprint density at radius 2 is 1.83 bits per heavy atom. The van der Waals surface area contributed by atoms with E-state index < -0.39 is 0 Å². The number of carbonyl (C=O) groups excluding carboxylic acids is 1. The molecule has 170 valence electrons. The highest BCUT2D eigenvalue weighted by molar-refractivity contribution is 6.06. The van der Waals surface area contributed by atoms with Crippen LogP contribution >= 0.6 is 0 Å². The van der Waals surface area contributed by atoms with Gasteiger partial charge in [-0.05, 0) is 52.6 Å². The number of fused-ring (bicyclic) bond motifs is 5. The Kier molecular flexibility index (Phi) is 4.29. The number of carbonyl (C=O) groups is 1. The quantitative estimate of drug-likeness (QED) is 0.321. The molecule has 6 aromatic rings. The van der Waals surface area contributed by atoms with Crippen LogP contribution in [0.3, 0.4) is 0 Å². The molecule has 3 aromatic carbocycles. The molecule has 0 spiro atoms. The van der Waals surface area contributed by atoms with E-state index >= 15 is 0 Å². The molecular formula is C29H18N6O. The molecule has 3 heterocycles. The van der Waals surface area contributed by atoms with Crippen LogP contribution in [0.1, 0.15) is 33.1 Å².